The Morgan fingerprint density at radius 1 is 1.27 bits per heavy atom. The predicted molar refractivity (Wildman–Crippen MR) is 119 cm³/mol. The van der Waals surface area contributed by atoms with Crippen molar-refractivity contribution in [1.29, 1.82) is 0 Å². The molecular formula is C21H21BrN6O2. The van der Waals surface area contributed by atoms with Crippen LogP contribution in [0, 0.1) is 6.92 Å². The van der Waals surface area contributed by atoms with Crippen LogP contribution < -0.4 is 11.1 Å². The minimum absolute atomic E-state index is 0.365. The SMILES string of the molecule is Cc1ccc2ncc(-c3cnn4c(N)c(Br)c(C(C)NC(=O)[C@@H](C)O)nc34)cc2c1. The molecule has 0 fully saturated rings. The Hall–Kier alpha value is -3.04. The highest BCUT2D eigenvalue weighted by molar-refractivity contribution is 9.10. The van der Waals surface area contributed by atoms with E-state index in [4.69, 9.17) is 10.7 Å². The van der Waals surface area contributed by atoms with Crippen molar-refractivity contribution in [2.24, 2.45) is 0 Å². The van der Waals surface area contributed by atoms with Crippen molar-refractivity contribution in [3.05, 3.63) is 52.4 Å². The van der Waals surface area contributed by atoms with Gasteiger partial charge in [-0.25, -0.2) is 4.98 Å². The molecule has 0 bridgehead atoms. The van der Waals surface area contributed by atoms with Gasteiger partial charge in [-0.1, -0.05) is 11.6 Å². The summed E-state index contributed by atoms with van der Waals surface area (Å²) in [6, 6.07) is 7.66. The van der Waals surface area contributed by atoms with Crippen LogP contribution in [-0.4, -0.2) is 36.7 Å². The van der Waals surface area contributed by atoms with Crippen molar-refractivity contribution < 1.29 is 9.90 Å². The highest BCUT2D eigenvalue weighted by atomic mass is 79.9. The quantitative estimate of drug-likeness (QED) is 0.423. The number of nitrogens with zero attached hydrogens (tertiary/aromatic N) is 4. The molecule has 30 heavy (non-hydrogen) atoms. The summed E-state index contributed by atoms with van der Waals surface area (Å²) in [4.78, 5) is 21.2. The van der Waals surface area contributed by atoms with Gasteiger partial charge in [0.2, 0.25) is 5.91 Å². The molecule has 1 amide bonds. The number of aromatic nitrogens is 4. The normalized spacial score (nSPS) is 13.5. The van der Waals surface area contributed by atoms with Crippen LogP contribution in [0.25, 0.3) is 27.7 Å². The number of carbonyl (C=O) groups excluding carboxylic acids is 1. The number of aryl methyl sites for hydroxylation is 1. The molecule has 154 valence electrons. The second-order valence-electron chi connectivity index (χ2n) is 7.32. The van der Waals surface area contributed by atoms with E-state index in [0.29, 0.717) is 21.6 Å². The van der Waals surface area contributed by atoms with Gasteiger partial charge in [0, 0.05) is 22.7 Å². The first-order chi connectivity index (χ1) is 14.3. The number of aliphatic hydroxyl groups excluding tert-OH is 1. The smallest absolute Gasteiger partial charge is 0.249 e. The Labute approximate surface area is 181 Å². The predicted octanol–water partition coefficient (Wildman–Crippen LogP) is 3.16. The largest absolute Gasteiger partial charge is 0.384 e. The third-order valence-corrected chi connectivity index (χ3v) is 5.76. The molecule has 0 saturated carbocycles. The van der Waals surface area contributed by atoms with Gasteiger partial charge in [-0.3, -0.25) is 9.78 Å². The molecule has 1 unspecified atom stereocenters. The Kier molecular flexibility index (Phi) is 5.17. The molecule has 3 aromatic heterocycles. The van der Waals surface area contributed by atoms with Crippen LogP contribution in [0.4, 0.5) is 5.82 Å². The number of nitrogens with two attached hydrogens (primary N) is 1. The van der Waals surface area contributed by atoms with E-state index in [1.165, 1.54) is 6.92 Å². The first-order valence-electron chi connectivity index (χ1n) is 9.44. The number of pyridine rings is 1. The lowest BCUT2D eigenvalue weighted by Gasteiger charge is -2.17. The number of hydrogen-bond acceptors (Lipinski definition) is 6. The van der Waals surface area contributed by atoms with Crippen LogP contribution in [-0.2, 0) is 4.79 Å². The summed E-state index contributed by atoms with van der Waals surface area (Å²) in [6.45, 7) is 5.22. The Morgan fingerprint density at radius 3 is 2.77 bits per heavy atom. The number of halogens is 1. The lowest BCUT2D eigenvalue weighted by Crippen LogP contribution is -2.35. The number of rotatable bonds is 4. The van der Waals surface area contributed by atoms with E-state index < -0.39 is 18.1 Å². The van der Waals surface area contributed by atoms with Crippen molar-refractivity contribution in [1.82, 2.24) is 24.9 Å². The molecule has 0 spiro atoms. The minimum atomic E-state index is -1.12. The first-order valence-corrected chi connectivity index (χ1v) is 10.2. The maximum Gasteiger partial charge on any atom is 0.249 e. The van der Waals surface area contributed by atoms with E-state index in [-0.39, 0.29) is 0 Å². The summed E-state index contributed by atoms with van der Waals surface area (Å²) in [6.07, 6.45) is 2.37. The molecule has 0 radical (unpaired) electrons. The lowest BCUT2D eigenvalue weighted by atomic mass is 10.1. The van der Waals surface area contributed by atoms with Gasteiger partial charge in [-0.2, -0.15) is 9.61 Å². The van der Waals surface area contributed by atoms with Crippen LogP contribution in [0.3, 0.4) is 0 Å². The van der Waals surface area contributed by atoms with Gasteiger partial charge < -0.3 is 16.2 Å². The standard InChI is InChI=1S/C21H21BrN6O2/c1-10-4-5-16-13(6-10)7-14(8-24-16)15-9-25-28-19(23)17(22)18(27-20(15)28)11(2)26-21(30)12(3)29/h4-9,11-12,29H,23H2,1-3H3,(H,26,30)/t11?,12-/m1/s1. The monoisotopic (exact) mass is 468 g/mol. The number of amides is 1. The van der Waals surface area contributed by atoms with Crippen LogP contribution in [0.5, 0.6) is 0 Å². The van der Waals surface area contributed by atoms with Gasteiger partial charge in [0.1, 0.15) is 11.9 Å². The summed E-state index contributed by atoms with van der Waals surface area (Å²) in [5.41, 5.74) is 11.1. The van der Waals surface area contributed by atoms with Crippen LogP contribution in [0.15, 0.2) is 41.1 Å². The highest BCUT2D eigenvalue weighted by Crippen LogP contribution is 2.33. The fourth-order valence-electron chi connectivity index (χ4n) is 3.30. The zero-order valence-electron chi connectivity index (χ0n) is 16.7. The van der Waals surface area contributed by atoms with Gasteiger partial charge in [-0.05, 0) is 54.9 Å². The number of nitrogen functional groups attached to an aromatic ring is 1. The summed E-state index contributed by atoms with van der Waals surface area (Å²) in [5.74, 6) is -0.124. The molecule has 9 heteroatoms. The van der Waals surface area contributed by atoms with E-state index in [1.54, 1.807) is 23.8 Å². The third-order valence-electron chi connectivity index (χ3n) is 4.94. The van der Waals surface area contributed by atoms with E-state index in [1.807, 2.05) is 25.1 Å². The van der Waals surface area contributed by atoms with Crippen LogP contribution >= 0.6 is 15.9 Å². The fourth-order valence-corrected chi connectivity index (χ4v) is 3.90. The van der Waals surface area contributed by atoms with Gasteiger partial charge in [0.15, 0.2) is 5.65 Å². The van der Waals surface area contributed by atoms with Gasteiger partial charge in [-0.15, -0.1) is 0 Å². The first kappa shape index (κ1) is 20.2. The lowest BCUT2D eigenvalue weighted by molar-refractivity contribution is -0.129. The topological polar surface area (TPSA) is 118 Å². The van der Waals surface area contributed by atoms with E-state index >= 15 is 0 Å². The second-order valence-corrected chi connectivity index (χ2v) is 8.11. The van der Waals surface area contributed by atoms with Crippen molar-refractivity contribution in [2.45, 2.75) is 32.9 Å². The number of hydrogen-bond donors (Lipinski definition) is 3. The maximum atomic E-state index is 11.9. The summed E-state index contributed by atoms with van der Waals surface area (Å²) in [5, 5.41) is 17.6. The maximum absolute atomic E-state index is 11.9. The zero-order valence-corrected chi connectivity index (χ0v) is 18.3. The Morgan fingerprint density at radius 2 is 2.03 bits per heavy atom. The molecule has 0 aliphatic heterocycles. The molecule has 2 atom stereocenters. The Balaban J connectivity index is 1.84. The van der Waals surface area contributed by atoms with Crippen molar-refractivity contribution in [2.75, 3.05) is 5.73 Å². The van der Waals surface area contributed by atoms with Gasteiger partial charge in [0.05, 0.1) is 27.9 Å². The average Bonchev–Trinajstić information content (AvgIpc) is 3.13. The van der Waals surface area contributed by atoms with E-state index in [0.717, 1.165) is 27.6 Å². The van der Waals surface area contributed by atoms with Gasteiger partial charge >= 0.3 is 0 Å². The molecule has 4 aromatic rings. The number of carbonyl (C=O) groups is 1. The average molecular weight is 469 g/mol. The van der Waals surface area contributed by atoms with Crippen LogP contribution in [0.2, 0.25) is 0 Å². The molecule has 4 rings (SSSR count). The molecule has 0 aliphatic carbocycles. The van der Waals surface area contributed by atoms with Gasteiger partial charge in [0.25, 0.3) is 0 Å². The molecule has 0 aliphatic rings. The third kappa shape index (κ3) is 3.50. The highest BCUT2D eigenvalue weighted by Gasteiger charge is 2.22. The van der Waals surface area contributed by atoms with Crippen molar-refractivity contribution >= 4 is 44.2 Å². The molecule has 0 saturated heterocycles. The molecular weight excluding hydrogens is 448 g/mol. The van der Waals surface area contributed by atoms with E-state index in [2.05, 4.69) is 37.4 Å². The second kappa shape index (κ2) is 7.66. The molecule has 8 nitrogen and oxygen atoms in total. The summed E-state index contributed by atoms with van der Waals surface area (Å²) >= 11 is 3.46. The number of benzene rings is 1. The number of aliphatic hydroxyl groups is 1. The molecule has 3 heterocycles. The number of fused-ring (bicyclic) bond motifs is 2. The van der Waals surface area contributed by atoms with Crippen LogP contribution in [0.1, 0.15) is 31.1 Å². The molecule has 1 aromatic carbocycles. The summed E-state index contributed by atoms with van der Waals surface area (Å²) in [7, 11) is 0. The number of anilines is 1. The zero-order chi connectivity index (χ0) is 21.6. The summed E-state index contributed by atoms with van der Waals surface area (Å²) < 4.78 is 2.09. The number of nitrogens with one attached hydrogen (secondary N) is 1. The molecule has 4 N–H and O–H groups in total. The van der Waals surface area contributed by atoms with E-state index in [9.17, 15) is 9.90 Å². The Bertz CT molecular complexity index is 1280. The van der Waals surface area contributed by atoms with Crippen molar-refractivity contribution in [3.63, 3.8) is 0 Å². The fraction of sp³-hybridized carbons (Fsp3) is 0.238. The minimum Gasteiger partial charge on any atom is -0.384 e. The van der Waals surface area contributed by atoms with Crippen molar-refractivity contribution in [3.8, 4) is 11.1 Å².